The molecule has 1 heterocycles. The molecule has 0 aliphatic heterocycles. The maximum absolute atomic E-state index is 9.83. The van der Waals surface area contributed by atoms with E-state index in [-0.39, 0.29) is 6.10 Å². The molecule has 0 fully saturated rings. The second-order valence-electron chi connectivity index (χ2n) is 4.89. The second-order valence-corrected chi connectivity index (χ2v) is 4.89. The van der Waals surface area contributed by atoms with Gasteiger partial charge in [-0.15, -0.1) is 0 Å². The van der Waals surface area contributed by atoms with Gasteiger partial charge in [0.25, 0.3) is 0 Å². The highest BCUT2D eigenvalue weighted by atomic mass is 16.3. The zero-order chi connectivity index (χ0) is 14.4. The highest BCUT2D eigenvalue weighted by Crippen LogP contribution is 2.22. The Morgan fingerprint density at radius 1 is 1.05 bits per heavy atom. The van der Waals surface area contributed by atoms with E-state index in [0.717, 1.165) is 25.1 Å². The quantitative estimate of drug-likeness (QED) is 0.872. The molecule has 0 spiro atoms. The Morgan fingerprint density at radius 2 is 1.70 bits per heavy atom. The zero-order valence-electron chi connectivity index (χ0n) is 12.2. The lowest BCUT2D eigenvalue weighted by atomic mass is 10.1. The number of anilines is 1. The van der Waals surface area contributed by atoms with Crippen molar-refractivity contribution in [1.82, 2.24) is 4.98 Å². The van der Waals surface area contributed by atoms with Crippen LogP contribution >= 0.6 is 0 Å². The lowest BCUT2D eigenvalue weighted by molar-refractivity contribution is 0.173. The number of aliphatic hydroxyl groups is 1. The van der Waals surface area contributed by atoms with Crippen molar-refractivity contribution in [3.05, 3.63) is 59.9 Å². The number of hydrogen-bond donors (Lipinski definition) is 1. The summed E-state index contributed by atoms with van der Waals surface area (Å²) in [7, 11) is 0. The smallest absolute Gasteiger partial charge is 0.0787 e. The van der Waals surface area contributed by atoms with Crippen molar-refractivity contribution in [1.29, 1.82) is 0 Å². The van der Waals surface area contributed by atoms with Crippen LogP contribution in [0, 0.1) is 0 Å². The van der Waals surface area contributed by atoms with Gasteiger partial charge in [0.2, 0.25) is 0 Å². The SMILES string of the molecule is CC[C@H](O)c1ccc(N(CC)Cc2ccncc2)cc1. The third kappa shape index (κ3) is 3.58. The lowest BCUT2D eigenvalue weighted by Crippen LogP contribution is -2.21. The molecule has 1 aromatic heterocycles. The molecule has 0 amide bonds. The fourth-order valence-electron chi connectivity index (χ4n) is 2.24. The van der Waals surface area contributed by atoms with Gasteiger partial charge in [0.15, 0.2) is 0 Å². The normalized spacial score (nSPS) is 12.2. The van der Waals surface area contributed by atoms with Crippen LogP contribution in [0.2, 0.25) is 0 Å². The minimum atomic E-state index is -0.362. The summed E-state index contributed by atoms with van der Waals surface area (Å²) in [5, 5.41) is 9.83. The molecule has 1 N–H and O–H groups in total. The molecule has 0 aliphatic carbocycles. The number of pyridine rings is 1. The molecule has 3 nitrogen and oxygen atoms in total. The molecule has 0 radical (unpaired) electrons. The maximum atomic E-state index is 9.83. The van der Waals surface area contributed by atoms with Crippen molar-refractivity contribution in [3.63, 3.8) is 0 Å². The Labute approximate surface area is 120 Å². The average molecular weight is 270 g/mol. The minimum absolute atomic E-state index is 0.362. The van der Waals surface area contributed by atoms with Gasteiger partial charge in [-0.05, 0) is 48.7 Å². The minimum Gasteiger partial charge on any atom is -0.388 e. The highest BCUT2D eigenvalue weighted by Gasteiger charge is 2.08. The van der Waals surface area contributed by atoms with Gasteiger partial charge in [0, 0.05) is 31.2 Å². The first kappa shape index (κ1) is 14.5. The van der Waals surface area contributed by atoms with E-state index in [0.29, 0.717) is 0 Å². The van der Waals surface area contributed by atoms with Crippen LogP contribution in [0.3, 0.4) is 0 Å². The number of hydrogen-bond acceptors (Lipinski definition) is 3. The summed E-state index contributed by atoms with van der Waals surface area (Å²) in [6.45, 7) is 5.95. The van der Waals surface area contributed by atoms with E-state index >= 15 is 0 Å². The molecule has 0 saturated carbocycles. The predicted octanol–water partition coefficient (Wildman–Crippen LogP) is 3.55. The first-order valence-electron chi connectivity index (χ1n) is 7.16. The van der Waals surface area contributed by atoms with E-state index in [2.05, 4.69) is 28.9 Å². The lowest BCUT2D eigenvalue weighted by Gasteiger charge is -2.23. The molecule has 1 atom stereocenters. The summed E-state index contributed by atoms with van der Waals surface area (Å²) in [4.78, 5) is 6.35. The standard InChI is InChI=1S/C17H22N2O/c1-3-17(20)15-5-7-16(8-6-15)19(4-2)13-14-9-11-18-12-10-14/h5-12,17,20H,3-4,13H2,1-2H3/t17-/m0/s1. The molecule has 0 unspecified atom stereocenters. The zero-order valence-corrected chi connectivity index (χ0v) is 12.2. The highest BCUT2D eigenvalue weighted by molar-refractivity contribution is 5.48. The van der Waals surface area contributed by atoms with Crippen LogP contribution in [0.15, 0.2) is 48.8 Å². The Kier molecular flexibility index (Phi) is 5.13. The van der Waals surface area contributed by atoms with E-state index < -0.39 is 0 Å². The number of aliphatic hydroxyl groups excluding tert-OH is 1. The molecule has 2 aromatic rings. The second kappa shape index (κ2) is 7.06. The Hall–Kier alpha value is -1.87. The van der Waals surface area contributed by atoms with Crippen molar-refractivity contribution in [2.24, 2.45) is 0 Å². The van der Waals surface area contributed by atoms with Crippen LogP contribution < -0.4 is 4.90 Å². The molecular weight excluding hydrogens is 248 g/mol. The van der Waals surface area contributed by atoms with Gasteiger partial charge >= 0.3 is 0 Å². The molecule has 0 saturated heterocycles. The van der Waals surface area contributed by atoms with Gasteiger partial charge in [-0.3, -0.25) is 4.98 Å². The topological polar surface area (TPSA) is 36.4 Å². The third-order valence-corrected chi connectivity index (χ3v) is 3.53. The Balaban J connectivity index is 2.11. The molecule has 20 heavy (non-hydrogen) atoms. The molecule has 0 aliphatic rings. The monoisotopic (exact) mass is 270 g/mol. The predicted molar refractivity (Wildman–Crippen MR) is 82.7 cm³/mol. The summed E-state index contributed by atoms with van der Waals surface area (Å²) < 4.78 is 0. The van der Waals surface area contributed by atoms with E-state index in [9.17, 15) is 5.11 Å². The molecule has 106 valence electrons. The van der Waals surface area contributed by atoms with Crippen LogP contribution in [0.5, 0.6) is 0 Å². The van der Waals surface area contributed by atoms with Gasteiger partial charge in [0.1, 0.15) is 0 Å². The molecule has 0 bridgehead atoms. The molecule has 2 rings (SSSR count). The van der Waals surface area contributed by atoms with Gasteiger partial charge in [-0.1, -0.05) is 19.1 Å². The van der Waals surface area contributed by atoms with Gasteiger partial charge in [0.05, 0.1) is 6.10 Å². The number of rotatable bonds is 6. The van der Waals surface area contributed by atoms with Crippen LogP contribution in [0.1, 0.15) is 37.5 Å². The van der Waals surface area contributed by atoms with Crippen LogP contribution in [0.4, 0.5) is 5.69 Å². The van der Waals surface area contributed by atoms with E-state index in [4.69, 9.17) is 0 Å². The molecule has 1 aromatic carbocycles. The summed E-state index contributed by atoms with van der Waals surface area (Å²) in [6, 6.07) is 12.3. The van der Waals surface area contributed by atoms with Crippen molar-refractivity contribution in [2.75, 3.05) is 11.4 Å². The number of aromatic nitrogens is 1. The summed E-state index contributed by atoms with van der Waals surface area (Å²) in [5.74, 6) is 0. The van der Waals surface area contributed by atoms with Gasteiger partial charge in [-0.25, -0.2) is 0 Å². The fraction of sp³-hybridized carbons (Fsp3) is 0.353. The van der Waals surface area contributed by atoms with E-state index in [1.807, 2.05) is 43.6 Å². The molecule has 3 heteroatoms. The van der Waals surface area contributed by atoms with Crippen molar-refractivity contribution < 1.29 is 5.11 Å². The van der Waals surface area contributed by atoms with Crippen molar-refractivity contribution in [3.8, 4) is 0 Å². The van der Waals surface area contributed by atoms with Crippen LogP contribution in [-0.2, 0) is 6.54 Å². The summed E-state index contributed by atoms with van der Waals surface area (Å²) in [5.41, 5.74) is 3.41. The molecular formula is C17H22N2O. The largest absolute Gasteiger partial charge is 0.388 e. The Morgan fingerprint density at radius 3 is 2.25 bits per heavy atom. The number of benzene rings is 1. The summed E-state index contributed by atoms with van der Waals surface area (Å²) in [6.07, 6.45) is 4.03. The maximum Gasteiger partial charge on any atom is 0.0787 e. The van der Waals surface area contributed by atoms with E-state index in [1.54, 1.807) is 0 Å². The summed E-state index contributed by atoms with van der Waals surface area (Å²) >= 11 is 0. The Bertz CT molecular complexity index is 510. The first-order chi connectivity index (χ1) is 9.74. The van der Waals surface area contributed by atoms with Crippen molar-refractivity contribution in [2.45, 2.75) is 32.9 Å². The van der Waals surface area contributed by atoms with Crippen LogP contribution in [-0.4, -0.2) is 16.6 Å². The fourth-order valence-corrected chi connectivity index (χ4v) is 2.24. The average Bonchev–Trinajstić information content (AvgIpc) is 2.53. The first-order valence-corrected chi connectivity index (χ1v) is 7.16. The van der Waals surface area contributed by atoms with Crippen LogP contribution in [0.25, 0.3) is 0 Å². The number of nitrogens with zero attached hydrogens (tertiary/aromatic N) is 2. The van der Waals surface area contributed by atoms with Crippen molar-refractivity contribution >= 4 is 5.69 Å². The van der Waals surface area contributed by atoms with Gasteiger partial charge in [-0.2, -0.15) is 0 Å². The van der Waals surface area contributed by atoms with E-state index in [1.165, 1.54) is 11.3 Å². The third-order valence-electron chi connectivity index (χ3n) is 3.53. The van der Waals surface area contributed by atoms with Gasteiger partial charge < -0.3 is 10.0 Å².